The Hall–Kier alpha value is -0.740. The van der Waals surface area contributed by atoms with Gasteiger partial charge in [0.1, 0.15) is 5.78 Å². The van der Waals surface area contributed by atoms with E-state index in [0.29, 0.717) is 13.0 Å². The van der Waals surface area contributed by atoms with Crippen LogP contribution < -0.4 is 0 Å². The van der Waals surface area contributed by atoms with Crippen molar-refractivity contribution in [3.05, 3.63) is 16.6 Å². The predicted molar refractivity (Wildman–Crippen MR) is 54.4 cm³/mol. The number of aromatic nitrogens is 1. The van der Waals surface area contributed by atoms with E-state index in [-0.39, 0.29) is 11.7 Å². The third-order valence-corrected chi connectivity index (χ3v) is 3.20. The molecular formula is C10H13NO2S. The van der Waals surface area contributed by atoms with E-state index < -0.39 is 0 Å². The molecule has 0 aromatic carbocycles. The molecule has 1 unspecified atom stereocenters. The van der Waals surface area contributed by atoms with Crippen molar-refractivity contribution in [1.82, 2.24) is 4.98 Å². The highest BCUT2D eigenvalue weighted by Gasteiger charge is 2.22. The lowest BCUT2D eigenvalue weighted by atomic mass is 9.96. The molecule has 4 heteroatoms. The maximum absolute atomic E-state index is 11.8. The zero-order valence-electron chi connectivity index (χ0n) is 7.94. The van der Waals surface area contributed by atoms with Crippen LogP contribution in [-0.4, -0.2) is 24.0 Å². The lowest BCUT2D eigenvalue weighted by Gasteiger charge is -2.20. The first-order valence-corrected chi connectivity index (χ1v) is 5.73. The first-order valence-electron chi connectivity index (χ1n) is 4.85. The van der Waals surface area contributed by atoms with Gasteiger partial charge in [-0.2, -0.15) is 0 Å². The second-order valence-electron chi connectivity index (χ2n) is 3.48. The Morgan fingerprint density at radius 2 is 2.64 bits per heavy atom. The van der Waals surface area contributed by atoms with Crippen molar-refractivity contribution >= 4 is 17.1 Å². The van der Waals surface area contributed by atoms with Gasteiger partial charge in [-0.3, -0.25) is 4.79 Å². The summed E-state index contributed by atoms with van der Waals surface area (Å²) in [5.74, 6) is 0.382. The average Bonchev–Trinajstić information content (AvgIpc) is 2.72. The van der Waals surface area contributed by atoms with E-state index in [4.69, 9.17) is 4.74 Å². The molecule has 0 saturated carbocycles. The molecule has 1 aliphatic rings. The van der Waals surface area contributed by atoms with Crippen LogP contribution in [-0.2, 0) is 16.0 Å². The summed E-state index contributed by atoms with van der Waals surface area (Å²) in [6, 6.07) is 0. The third-order valence-electron chi connectivity index (χ3n) is 2.42. The van der Waals surface area contributed by atoms with Crippen LogP contribution in [0.15, 0.2) is 11.6 Å². The lowest BCUT2D eigenvalue weighted by molar-refractivity contribution is -0.126. The van der Waals surface area contributed by atoms with Crippen LogP contribution in [0.5, 0.6) is 0 Å². The Kier molecular flexibility index (Phi) is 3.26. The van der Waals surface area contributed by atoms with Gasteiger partial charge in [-0.15, -0.1) is 11.3 Å². The first-order chi connectivity index (χ1) is 6.86. The van der Waals surface area contributed by atoms with E-state index in [1.54, 1.807) is 17.5 Å². The second-order valence-corrected chi connectivity index (χ2v) is 4.46. The maximum atomic E-state index is 11.8. The number of rotatable bonds is 3. The minimum absolute atomic E-state index is 0.104. The summed E-state index contributed by atoms with van der Waals surface area (Å²) in [5.41, 5.74) is 0. The summed E-state index contributed by atoms with van der Waals surface area (Å²) in [5, 5.41) is 2.82. The molecule has 14 heavy (non-hydrogen) atoms. The lowest BCUT2D eigenvalue weighted by Crippen LogP contribution is -2.26. The summed E-state index contributed by atoms with van der Waals surface area (Å²) in [7, 11) is 0. The zero-order chi connectivity index (χ0) is 9.80. The molecule has 1 saturated heterocycles. The third kappa shape index (κ3) is 2.39. The molecule has 1 fully saturated rings. The molecule has 1 atom stereocenters. The highest BCUT2D eigenvalue weighted by atomic mass is 32.1. The summed E-state index contributed by atoms with van der Waals surface area (Å²) in [4.78, 5) is 15.9. The molecule has 2 heterocycles. The maximum Gasteiger partial charge on any atom is 0.145 e. The van der Waals surface area contributed by atoms with Crippen LogP contribution in [0.4, 0.5) is 0 Å². The second kappa shape index (κ2) is 4.66. The SMILES string of the molecule is O=C(Cc1nccs1)C1CCCOC1. The molecule has 0 bridgehead atoms. The Balaban J connectivity index is 1.88. The highest BCUT2D eigenvalue weighted by Crippen LogP contribution is 2.17. The molecule has 0 radical (unpaired) electrons. The first kappa shape index (κ1) is 9.80. The summed E-state index contributed by atoms with van der Waals surface area (Å²) in [6.45, 7) is 1.41. The number of ether oxygens (including phenoxy) is 1. The Bertz CT molecular complexity index is 291. The van der Waals surface area contributed by atoms with Gasteiger partial charge >= 0.3 is 0 Å². The van der Waals surface area contributed by atoms with Gasteiger partial charge in [-0.1, -0.05) is 0 Å². The largest absolute Gasteiger partial charge is 0.381 e. The van der Waals surface area contributed by atoms with Crippen LogP contribution >= 0.6 is 11.3 Å². The molecule has 3 nitrogen and oxygen atoms in total. The molecule has 0 aliphatic carbocycles. The molecule has 0 spiro atoms. The van der Waals surface area contributed by atoms with E-state index in [2.05, 4.69) is 4.98 Å². The van der Waals surface area contributed by atoms with Gasteiger partial charge in [-0.05, 0) is 12.8 Å². The fraction of sp³-hybridized carbons (Fsp3) is 0.600. The van der Waals surface area contributed by atoms with Crippen molar-refractivity contribution in [2.75, 3.05) is 13.2 Å². The van der Waals surface area contributed by atoms with E-state index in [1.807, 2.05) is 5.38 Å². The van der Waals surface area contributed by atoms with Crippen molar-refractivity contribution in [2.24, 2.45) is 5.92 Å². The zero-order valence-corrected chi connectivity index (χ0v) is 8.76. The molecule has 1 aromatic rings. The Morgan fingerprint density at radius 3 is 3.29 bits per heavy atom. The smallest absolute Gasteiger partial charge is 0.145 e. The minimum Gasteiger partial charge on any atom is -0.381 e. The molecule has 76 valence electrons. The van der Waals surface area contributed by atoms with Crippen molar-refractivity contribution in [3.63, 3.8) is 0 Å². The summed E-state index contributed by atoms with van der Waals surface area (Å²) < 4.78 is 5.28. The van der Waals surface area contributed by atoms with Gasteiger partial charge in [0.2, 0.25) is 0 Å². The molecular weight excluding hydrogens is 198 g/mol. The number of nitrogens with zero attached hydrogens (tertiary/aromatic N) is 1. The van der Waals surface area contributed by atoms with Crippen molar-refractivity contribution < 1.29 is 9.53 Å². The van der Waals surface area contributed by atoms with E-state index in [9.17, 15) is 4.79 Å². The van der Waals surface area contributed by atoms with Crippen molar-refractivity contribution in [1.29, 1.82) is 0 Å². The number of hydrogen-bond donors (Lipinski definition) is 0. The fourth-order valence-electron chi connectivity index (χ4n) is 1.63. The number of carbonyl (C=O) groups is 1. The van der Waals surface area contributed by atoms with Crippen LogP contribution in [0.25, 0.3) is 0 Å². The Labute approximate surface area is 87.1 Å². The monoisotopic (exact) mass is 211 g/mol. The minimum atomic E-state index is 0.104. The predicted octanol–water partition coefficient (Wildman–Crippen LogP) is 1.68. The number of ketones is 1. The van der Waals surface area contributed by atoms with Gasteiger partial charge in [-0.25, -0.2) is 4.98 Å². The van der Waals surface area contributed by atoms with Crippen molar-refractivity contribution in [3.8, 4) is 0 Å². The summed E-state index contributed by atoms with van der Waals surface area (Å²) in [6.07, 6.45) is 4.20. The van der Waals surface area contributed by atoms with Crippen molar-refractivity contribution in [2.45, 2.75) is 19.3 Å². The summed E-state index contributed by atoms with van der Waals surface area (Å²) >= 11 is 1.54. The van der Waals surface area contributed by atoms with Crippen LogP contribution in [0.2, 0.25) is 0 Å². The number of carbonyl (C=O) groups excluding carboxylic acids is 1. The van der Waals surface area contributed by atoms with Gasteiger partial charge in [0.15, 0.2) is 0 Å². The van der Waals surface area contributed by atoms with Gasteiger partial charge in [0, 0.05) is 24.1 Å². The molecule has 1 aliphatic heterocycles. The quantitative estimate of drug-likeness (QED) is 0.763. The van der Waals surface area contributed by atoms with Gasteiger partial charge in [0.25, 0.3) is 0 Å². The number of hydrogen-bond acceptors (Lipinski definition) is 4. The molecule has 1 aromatic heterocycles. The fourth-order valence-corrected chi connectivity index (χ4v) is 2.25. The van der Waals surface area contributed by atoms with Gasteiger partial charge < -0.3 is 4.74 Å². The average molecular weight is 211 g/mol. The normalized spacial score (nSPS) is 22.1. The number of thiazole rings is 1. The highest BCUT2D eigenvalue weighted by molar-refractivity contribution is 7.09. The van der Waals surface area contributed by atoms with Crippen LogP contribution in [0.1, 0.15) is 17.8 Å². The van der Waals surface area contributed by atoms with Crippen LogP contribution in [0.3, 0.4) is 0 Å². The van der Waals surface area contributed by atoms with E-state index in [0.717, 1.165) is 24.5 Å². The number of Topliss-reactive ketones (excluding diaryl/α,β-unsaturated/α-hetero) is 1. The topological polar surface area (TPSA) is 39.2 Å². The molecule has 0 N–H and O–H groups in total. The Morgan fingerprint density at radius 1 is 1.71 bits per heavy atom. The van der Waals surface area contributed by atoms with Crippen LogP contribution in [0, 0.1) is 5.92 Å². The van der Waals surface area contributed by atoms with Gasteiger partial charge in [0.05, 0.1) is 18.0 Å². The van der Waals surface area contributed by atoms with E-state index >= 15 is 0 Å². The molecule has 0 amide bonds. The standard InChI is InChI=1S/C10H13NO2S/c12-9(6-10-11-3-5-14-10)8-2-1-4-13-7-8/h3,5,8H,1-2,4,6-7H2. The molecule has 2 rings (SSSR count). The van der Waals surface area contributed by atoms with E-state index in [1.165, 1.54) is 0 Å².